The molecule has 2 rings (SSSR count). The van der Waals surface area contributed by atoms with Gasteiger partial charge < -0.3 is 4.74 Å². The van der Waals surface area contributed by atoms with E-state index in [2.05, 4.69) is 17.1 Å². The molecule has 0 saturated carbocycles. The molecule has 0 aromatic heterocycles. The maximum Gasteiger partial charge on any atom is 0.271 e. The van der Waals surface area contributed by atoms with Gasteiger partial charge in [0.05, 0.1) is 6.21 Å². The molecule has 0 spiro atoms. The van der Waals surface area contributed by atoms with Gasteiger partial charge in [0.25, 0.3) is 5.91 Å². The van der Waals surface area contributed by atoms with Crippen molar-refractivity contribution in [2.75, 3.05) is 6.61 Å². The Labute approximate surface area is 130 Å². The van der Waals surface area contributed by atoms with E-state index in [1.54, 1.807) is 18.4 Å². The molecule has 0 unspecified atom stereocenters. The van der Waals surface area contributed by atoms with Crippen LogP contribution in [0.15, 0.2) is 66.3 Å². The van der Waals surface area contributed by atoms with Gasteiger partial charge in [-0.25, -0.2) is 5.43 Å². The Hall–Kier alpha value is -2.88. The van der Waals surface area contributed by atoms with E-state index in [1.807, 2.05) is 49.4 Å². The lowest BCUT2D eigenvalue weighted by Crippen LogP contribution is -2.18. The molecule has 112 valence electrons. The Bertz CT molecular complexity index is 693. The lowest BCUT2D eigenvalue weighted by atomic mass is 10.1. The summed E-state index contributed by atoms with van der Waals surface area (Å²) in [6.07, 6.45) is 3.26. The average Bonchev–Trinajstić information content (AvgIpc) is 2.53. The lowest BCUT2D eigenvalue weighted by Gasteiger charge is -2.04. The first kappa shape index (κ1) is 15.5. The molecule has 0 aliphatic carbocycles. The predicted molar refractivity (Wildman–Crippen MR) is 88.4 cm³/mol. The normalized spacial score (nSPS) is 10.4. The molecule has 0 aliphatic rings. The summed E-state index contributed by atoms with van der Waals surface area (Å²) in [6.45, 7) is 5.94. The first-order chi connectivity index (χ1) is 10.7. The molecule has 1 N–H and O–H groups in total. The Kier molecular flexibility index (Phi) is 5.49. The number of benzene rings is 2. The molecule has 0 aliphatic heterocycles. The highest BCUT2D eigenvalue weighted by Crippen LogP contribution is 2.12. The molecule has 0 radical (unpaired) electrons. The molecule has 2 aromatic carbocycles. The summed E-state index contributed by atoms with van der Waals surface area (Å²) in [7, 11) is 0. The van der Waals surface area contributed by atoms with Crippen LogP contribution in [-0.2, 0) is 0 Å². The zero-order chi connectivity index (χ0) is 15.8. The predicted octanol–water partition coefficient (Wildman–Crippen LogP) is 3.32. The lowest BCUT2D eigenvalue weighted by molar-refractivity contribution is 0.0954. The Balaban J connectivity index is 1.99. The topological polar surface area (TPSA) is 50.7 Å². The number of hydrazone groups is 1. The third kappa shape index (κ3) is 4.31. The summed E-state index contributed by atoms with van der Waals surface area (Å²) in [5, 5.41) is 3.98. The average molecular weight is 294 g/mol. The van der Waals surface area contributed by atoms with E-state index in [-0.39, 0.29) is 5.91 Å². The third-order valence-electron chi connectivity index (χ3n) is 3.00. The molecule has 2 aromatic rings. The fourth-order valence-corrected chi connectivity index (χ4v) is 1.89. The van der Waals surface area contributed by atoms with Crippen LogP contribution in [0.3, 0.4) is 0 Å². The molecule has 4 heteroatoms. The van der Waals surface area contributed by atoms with Crippen molar-refractivity contribution in [3.05, 3.63) is 77.9 Å². The smallest absolute Gasteiger partial charge is 0.271 e. The summed E-state index contributed by atoms with van der Waals surface area (Å²) in [5.41, 5.74) is 4.89. The van der Waals surface area contributed by atoms with Crippen LogP contribution < -0.4 is 10.2 Å². The molecule has 0 saturated heterocycles. The van der Waals surface area contributed by atoms with Crippen LogP contribution in [-0.4, -0.2) is 18.7 Å². The van der Waals surface area contributed by atoms with Crippen LogP contribution in [0.5, 0.6) is 5.75 Å². The van der Waals surface area contributed by atoms with Gasteiger partial charge in [-0.3, -0.25) is 4.79 Å². The van der Waals surface area contributed by atoms with Gasteiger partial charge in [-0.1, -0.05) is 43.0 Å². The fourth-order valence-electron chi connectivity index (χ4n) is 1.89. The van der Waals surface area contributed by atoms with Crippen molar-refractivity contribution in [2.45, 2.75) is 6.92 Å². The number of hydrogen-bond donors (Lipinski definition) is 1. The van der Waals surface area contributed by atoms with Crippen molar-refractivity contribution in [1.82, 2.24) is 5.43 Å². The number of aryl methyl sites for hydroxylation is 1. The molecule has 0 bridgehead atoms. The number of hydrogen-bond acceptors (Lipinski definition) is 3. The van der Waals surface area contributed by atoms with Crippen molar-refractivity contribution in [3.8, 4) is 5.75 Å². The molecule has 0 heterocycles. The summed E-state index contributed by atoms with van der Waals surface area (Å²) in [5.74, 6) is 0.502. The summed E-state index contributed by atoms with van der Waals surface area (Å²) in [4.78, 5) is 12.0. The zero-order valence-corrected chi connectivity index (χ0v) is 12.5. The number of nitrogens with one attached hydrogen (secondary N) is 1. The fraction of sp³-hybridized carbons (Fsp3) is 0.111. The van der Waals surface area contributed by atoms with Gasteiger partial charge in [-0.15, -0.1) is 0 Å². The van der Waals surface area contributed by atoms with Crippen molar-refractivity contribution in [1.29, 1.82) is 0 Å². The molecule has 1 amide bonds. The minimum Gasteiger partial charge on any atom is -0.490 e. The van der Waals surface area contributed by atoms with Gasteiger partial charge in [-0.2, -0.15) is 5.10 Å². The Morgan fingerprint density at radius 2 is 2.09 bits per heavy atom. The summed E-state index contributed by atoms with van der Waals surface area (Å²) < 4.78 is 5.44. The number of carbonyl (C=O) groups excluding carboxylic acids is 1. The minimum absolute atomic E-state index is 0.228. The van der Waals surface area contributed by atoms with Gasteiger partial charge in [0.1, 0.15) is 12.4 Å². The quantitative estimate of drug-likeness (QED) is 0.505. The van der Waals surface area contributed by atoms with Crippen LogP contribution in [0, 0.1) is 6.92 Å². The highest BCUT2D eigenvalue weighted by atomic mass is 16.5. The first-order valence-electron chi connectivity index (χ1n) is 6.93. The second kappa shape index (κ2) is 7.78. The van der Waals surface area contributed by atoms with E-state index in [0.717, 1.165) is 16.9 Å². The largest absolute Gasteiger partial charge is 0.490 e. The SMILES string of the molecule is C=CCOc1cccc(/C=N\NC(=O)c2ccccc2C)c1. The van der Waals surface area contributed by atoms with E-state index >= 15 is 0 Å². The van der Waals surface area contributed by atoms with Gasteiger partial charge in [-0.05, 0) is 36.2 Å². The highest BCUT2D eigenvalue weighted by molar-refractivity contribution is 5.96. The third-order valence-corrected chi connectivity index (χ3v) is 3.00. The number of ether oxygens (including phenoxy) is 1. The molecule has 22 heavy (non-hydrogen) atoms. The van der Waals surface area contributed by atoms with Crippen LogP contribution in [0.25, 0.3) is 0 Å². The number of nitrogens with zero attached hydrogens (tertiary/aromatic N) is 1. The molecular formula is C18H18N2O2. The van der Waals surface area contributed by atoms with E-state index in [1.165, 1.54) is 0 Å². The van der Waals surface area contributed by atoms with E-state index in [0.29, 0.717) is 12.2 Å². The van der Waals surface area contributed by atoms with E-state index in [9.17, 15) is 4.79 Å². The van der Waals surface area contributed by atoms with Gasteiger partial charge in [0, 0.05) is 5.56 Å². The van der Waals surface area contributed by atoms with Crippen LogP contribution >= 0.6 is 0 Å². The van der Waals surface area contributed by atoms with E-state index in [4.69, 9.17) is 4.74 Å². The maximum atomic E-state index is 12.0. The van der Waals surface area contributed by atoms with Crippen LogP contribution in [0.1, 0.15) is 21.5 Å². The Morgan fingerprint density at radius 3 is 2.86 bits per heavy atom. The van der Waals surface area contributed by atoms with Gasteiger partial charge in [0.15, 0.2) is 0 Å². The highest BCUT2D eigenvalue weighted by Gasteiger charge is 2.06. The van der Waals surface area contributed by atoms with Crippen molar-refractivity contribution < 1.29 is 9.53 Å². The van der Waals surface area contributed by atoms with Crippen LogP contribution in [0.4, 0.5) is 0 Å². The summed E-state index contributed by atoms with van der Waals surface area (Å²) in [6, 6.07) is 14.8. The number of carbonyl (C=O) groups is 1. The first-order valence-corrected chi connectivity index (χ1v) is 6.93. The van der Waals surface area contributed by atoms with Crippen molar-refractivity contribution >= 4 is 12.1 Å². The minimum atomic E-state index is -0.228. The summed E-state index contributed by atoms with van der Waals surface area (Å²) >= 11 is 0. The monoisotopic (exact) mass is 294 g/mol. The van der Waals surface area contributed by atoms with Gasteiger partial charge in [0.2, 0.25) is 0 Å². The molecule has 0 atom stereocenters. The second-order valence-corrected chi connectivity index (χ2v) is 4.69. The molecule has 4 nitrogen and oxygen atoms in total. The maximum absolute atomic E-state index is 12.0. The van der Waals surface area contributed by atoms with E-state index < -0.39 is 0 Å². The van der Waals surface area contributed by atoms with Crippen LogP contribution in [0.2, 0.25) is 0 Å². The number of rotatable bonds is 6. The number of amides is 1. The second-order valence-electron chi connectivity index (χ2n) is 4.69. The molecular weight excluding hydrogens is 276 g/mol. The molecule has 0 fully saturated rings. The van der Waals surface area contributed by atoms with Gasteiger partial charge >= 0.3 is 0 Å². The van der Waals surface area contributed by atoms with Crippen molar-refractivity contribution in [2.24, 2.45) is 5.10 Å². The standard InChI is InChI=1S/C18H18N2O2/c1-3-11-22-16-9-6-8-15(12-16)13-19-20-18(21)17-10-5-4-7-14(17)2/h3-10,12-13H,1,11H2,2H3,(H,20,21)/b19-13-. The zero-order valence-electron chi connectivity index (χ0n) is 12.5. The van der Waals surface area contributed by atoms with Crippen molar-refractivity contribution in [3.63, 3.8) is 0 Å². The Morgan fingerprint density at radius 1 is 1.27 bits per heavy atom.